The van der Waals surface area contributed by atoms with Crippen LogP contribution in [-0.2, 0) is 4.74 Å². The summed E-state index contributed by atoms with van der Waals surface area (Å²) in [5, 5.41) is -0.231. The smallest absolute Gasteiger partial charge is 0.368 e. The zero-order valence-corrected chi connectivity index (χ0v) is 15.3. The van der Waals surface area contributed by atoms with E-state index in [1.54, 1.807) is 11.9 Å². The van der Waals surface area contributed by atoms with Crippen LogP contribution in [0.1, 0.15) is 16.4 Å². The summed E-state index contributed by atoms with van der Waals surface area (Å²) < 4.78 is 11.2. The third kappa shape index (κ3) is 4.05. The summed E-state index contributed by atoms with van der Waals surface area (Å²) in [6.45, 7) is 0.689. The molecule has 0 fully saturated rings. The number of benzene rings is 2. The molecule has 1 aliphatic rings. The molecule has 5 nitrogen and oxygen atoms in total. The number of nitrogens with two attached hydrogens (primary N) is 1. The molecule has 0 aliphatic carbocycles. The molecule has 0 amide bonds. The van der Waals surface area contributed by atoms with E-state index in [0.29, 0.717) is 6.54 Å². The summed E-state index contributed by atoms with van der Waals surface area (Å²) in [6.07, 6.45) is 0. The SMILES string of the molecule is CN(CCOC(=O)SC1c2ccccc2Oc2ccccc21)C(N)=S. The van der Waals surface area contributed by atoms with Crippen molar-refractivity contribution in [3.63, 3.8) is 0 Å². The van der Waals surface area contributed by atoms with E-state index in [1.807, 2.05) is 48.5 Å². The largest absolute Gasteiger partial charge is 0.457 e. The summed E-state index contributed by atoms with van der Waals surface area (Å²) in [7, 11) is 1.76. The topological polar surface area (TPSA) is 64.8 Å². The predicted molar refractivity (Wildman–Crippen MR) is 103 cm³/mol. The number of para-hydroxylation sites is 2. The highest BCUT2D eigenvalue weighted by Crippen LogP contribution is 2.49. The molecule has 2 N–H and O–H groups in total. The van der Waals surface area contributed by atoms with Gasteiger partial charge in [0.15, 0.2) is 5.11 Å². The fourth-order valence-corrected chi connectivity index (χ4v) is 3.58. The highest BCUT2D eigenvalue weighted by atomic mass is 32.2. The van der Waals surface area contributed by atoms with E-state index in [4.69, 9.17) is 27.4 Å². The normalized spacial score (nSPS) is 12.5. The standard InChI is InChI=1S/C18H18N2O3S2/c1-20(17(19)24)10-11-22-18(21)25-16-12-6-2-4-8-14(12)23-15-9-5-3-7-13(15)16/h2-9,16H,10-11H2,1H3,(H2,19,24). The fourth-order valence-electron chi connectivity index (χ4n) is 2.50. The highest BCUT2D eigenvalue weighted by Gasteiger charge is 2.29. The third-order valence-electron chi connectivity index (χ3n) is 3.86. The van der Waals surface area contributed by atoms with Gasteiger partial charge >= 0.3 is 5.30 Å². The summed E-state index contributed by atoms with van der Waals surface area (Å²) >= 11 is 6.00. The van der Waals surface area contributed by atoms with Crippen LogP contribution in [0.2, 0.25) is 0 Å². The Balaban J connectivity index is 1.72. The van der Waals surface area contributed by atoms with Gasteiger partial charge in [0.1, 0.15) is 18.1 Å². The monoisotopic (exact) mass is 374 g/mol. The Labute approximate surface area is 156 Å². The summed E-state index contributed by atoms with van der Waals surface area (Å²) in [6, 6.07) is 15.4. The first kappa shape index (κ1) is 17.6. The number of carbonyl (C=O) groups excluding carboxylic acids is 1. The summed E-state index contributed by atoms with van der Waals surface area (Å²) in [5.74, 6) is 1.53. The van der Waals surface area contributed by atoms with Crippen molar-refractivity contribution in [2.24, 2.45) is 5.73 Å². The molecule has 7 heteroatoms. The number of hydrogen-bond acceptors (Lipinski definition) is 5. The van der Waals surface area contributed by atoms with Crippen molar-refractivity contribution in [2.75, 3.05) is 20.2 Å². The van der Waals surface area contributed by atoms with Gasteiger partial charge in [-0.05, 0) is 36.1 Å². The Morgan fingerprint density at radius 1 is 1.20 bits per heavy atom. The first-order chi connectivity index (χ1) is 12.1. The lowest BCUT2D eigenvalue weighted by Crippen LogP contribution is -2.34. The molecule has 0 saturated heterocycles. The van der Waals surface area contributed by atoms with Crippen LogP contribution in [0, 0.1) is 0 Å². The molecule has 2 aromatic carbocycles. The van der Waals surface area contributed by atoms with Gasteiger partial charge in [-0.2, -0.15) is 0 Å². The molecule has 2 aromatic rings. The first-order valence-corrected chi connectivity index (χ1v) is 9.04. The zero-order chi connectivity index (χ0) is 17.8. The Morgan fingerprint density at radius 2 is 1.76 bits per heavy atom. The minimum Gasteiger partial charge on any atom is -0.457 e. The molecule has 25 heavy (non-hydrogen) atoms. The van der Waals surface area contributed by atoms with E-state index in [9.17, 15) is 4.79 Å². The number of rotatable bonds is 4. The number of hydrogen-bond donors (Lipinski definition) is 1. The summed E-state index contributed by atoms with van der Waals surface area (Å²) in [5.41, 5.74) is 7.43. The molecule has 0 aromatic heterocycles. The van der Waals surface area contributed by atoms with Crippen molar-refractivity contribution in [1.82, 2.24) is 4.90 Å². The third-order valence-corrected chi connectivity index (χ3v) is 5.23. The lowest BCUT2D eigenvalue weighted by molar-refractivity contribution is 0.168. The maximum Gasteiger partial charge on any atom is 0.368 e. The Hall–Kier alpha value is -2.25. The number of thiocarbonyl (C=S) groups is 1. The van der Waals surface area contributed by atoms with Crippen molar-refractivity contribution in [2.45, 2.75) is 5.25 Å². The average Bonchev–Trinajstić information content (AvgIpc) is 2.61. The van der Waals surface area contributed by atoms with Gasteiger partial charge in [0.2, 0.25) is 0 Å². The highest BCUT2D eigenvalue weighted by molar-refractivity contribution is 8.13. The van der Waals surface area contributed by atoms with Crippen molar-refractivity contribution in [3.05, 3.63) is 59.7 Å². The van der Waals surface area contributed by atoms with E-state index in [1.165, 1.54) is 0 Å². The molecule has 1 aliphatic heterocycles. The van der Waals surface area contributed by atoms with Crippen LogP contribution in [0.25, 0.3) is 0 Å². The molecule has 3 rings (SSSR count). The van der Waals surface area contributed by atoms with Crippen LogP contribution >= 0.6 is 24.0 Å². The second-order valence-electron chi connectivity index (χ2n) is 5.53. The molecule has 0 atom stereocenters. The average molecular weight is 374 g/mol. The fraction of sp³-hybridized carbons (Fsp3) is 0.222. The number of nitrogens with zero attached hydrogens (tertiary/aromatic N) is 1. The van der Waals surface area contributed by atoms with Gasteiger partial charge in [-0.3, -0.25) is 0 Å². The second-order valence-corrected chi connectivity index (χ2v) is 6.99. The lowest BCUT2D eigenvalue weighted by atomic mass is 10.00. The van der Waals surface area contributed by atoms with Gasteiger partial charge in [-0.25, -0.2) is 4.79 Å². The first-order valence-electron chi connectivity index (χ1n) is 7.76. The van der Waals surface area contributed by atoms with E-state index in [0.717, 1.165) is 34.4 Å². The van der Waals surface area contributed by atoms with Crippen molar-refractivity contribution < 1.29 is 14.3 Å². The van der Waals surface area contributed by atoms with E-state index in [-0.39, 0.29) is 22.3 Å². The van der Waals surface area contributed by atoms with Crippen molar-refractivity contribution in [3.8, 4) is 11.5 Å². The van der Waals surface area contributed by atoms with Gasteiger partial charge in [-0.1, -0.05) is 36.4 Å². The van der Waals surface area contributed by atoms with E-state index < -0.39 is 0 Å². The minimum absolute atomic E-state index is 0.165. The van der Waals surface area contributed by atoms with E-state index in [2.05, 4.69) is 0 Å². The Morgan fingerprint density at radius 3 is 2.32 bits per heavy atom. The molecule has 0 saturated carbocycles. The Bertz CT molecular complexity index is 752. The molecular formula is C18H18N2O3S2. The van der Waals surface area contributed by atoms with Crippen LogP contribution in [0.4, 0.5) is 4.79 Å². The van der Waals surface area contributed by atoms with Crippen LogP contribution in [0.15, 0.2) is 48.5 Å². The van der Waals surface area contributed by atoms with Gasteiger partial charge in [0.25, 0.3) is 0 Å². The van der Waals surface area contributed by atoms with Crippen LogP contribution in [0.5, 0.6) is 11.5 Å². The number of thioether (sulfide) groups is 1. The molecule has 130 valence electrons. The maximum atomic E-state index is 12.3. The molecule has 0 radical (unpaired) electrons. The number of carbonyl (C=O) groups is 1. The quantitative estimate of drug-likeness (QED) is 0.642. The number of fused-ring (bicyclic) bond motifs is 2. The Kier molecular flexibility index (Phi) is 5.45. The summed E-state index contributed by atoms with van der Waals surface area (Å²) in [4.78, 5) is 14.0. The van der Waals surface area contributed by atoms with Crippen molar-refractivity contribution >= 4 is 34.4 Å². The van der Waals surface area contributed by atoms with Crippen LogP contribution in [0.3, 0.4) is 0 Å². The second kappa shape index (κ2) is 7.76. The van der Waals surface area contributed by atoms with Crippen molar-refractivity contribution in [1.29, 1.82) is 0 Å². The van der Waals surface area contributed by atoms with Gasteiger partial charge in [0.05, 0.1) is 11.8 Å². The van der Waals surface area contributed by atoms with Gasteiger partial charge in [-0.15, -0.1) is 0 Å². The number of likely N-dealkylation sites (N-methyl/N-ethyl adjacent to an activating group) is 1. The molecule has 0 unspecified atom stereocenters. The van der Waals surface area contributed by atoms with Gasteiger partial charge < -0.3 is 20.1 Å². The van der Waals surface area contributed by atoms with E-state index >= 15 is 0 Å². The molecule has 0 bridgehead atoms. The zero-order valence-electron chi connectivity index (χ0n) is 13.7. The minimum atomic E-state index is -0.340. The van der Waals surface area contributed by atoms with Crippen LogP contribution < -0.4 is 10.5 Å². The number of ether oxygens (including phenoxy) is 2. The maximum absolute atomic E-state index is 12.3. The molecule has 1 heterocycles. The van der Waals surface area contributed by atoms with Gasteiger partial charge in [0, 0.05) is 18.2 Å². The van der Waals surface area contributed by atoms with Crippen LogP contribution in [-0.4, -0.2) is 35.5 Å². The lowest BCUT2D eigenvalue weighted by Gasteiger charge is -2.27. The molecule has 0 spiro atoms. The predicted octanol–water partition coefficient (Wildman–Crippen LogP) is 3.93. The molecular weight excluding hydrogens is 356 g/mol.